The van der Waals surface area contributed by atoms with Gasteiger partial charge in [-0.2, -0.15) is 10.2 Å². The maximum atomic E-state index is 15.3. The molecule has 0 aliphatic carbocycles. The summed E-state index contributed by atoms with van der Waals surface area (Å²) in [6.45, 7) is 9.77. The Hall–Kier alpha value is -4.28. The number of piperidine rings is 1. The molecule has 226 valence electrons. The van der Waals surface area contributed by atoms with Gasteiger partial charge < -0.3 is 25.6 Å². The number of hydrogen-bond acceptors (Lipinski definition) is 10. The largest absolute Gasteiger partial charge is 0.495 e. The third-order valence-corrected chi connectivity index (χ3v) is 8.61. The lowest BCUT2D eigenvalue weighted by atomic mass is 9.98. The highest BCUT2D eigenvalue weighted by Gasteiger charge is 2.37. The van der Waals surface area contributed by atoms with Crippen LogP contribution in [0.3, 0.4) is 0 Å². The molecule has 12 nitrogen and oxygen atoms in total. The fraction of sp³-hybridized carbons (Fsp3) is 0.500. The van der Waals surface area contributed by atoms with E-state index in [1.807, 2.05) is 4.57 Å². The van der Waals surface area contributed by atoms with E-state index in [0.717, 1.165) is 51.1 Å². The Morgan fingerprint density at radius 2 is 2.02 bits per heavy atom. The number of benzene rings is 1. The molecule has 5 heterocycles. The summed E-state index contributed by atoms with van der Waals surface area (Å²) in [5.74, 6) is 0.0677. The number of nitrogens with one attached hydrogen (secondary N) is 3. The Kier molecular flexibility index (Phi) is 7.89. The smallest absolute Gasteiger partial charge is 0.254 e. The summed E-state index contributed by atoms with van der Waals surface area (Å²) < 4.78 is 22.7. The monoisotopic (exact) mass is 588 g/mol. The Balaban J connectivity index is 1.22. The molecule has 1 amide bonds. The van der Waals surface area contributed by atoms with E-state index >= 15 is 4.39 Å². The Bertz CT molecular complexity index is 1550. The lowest BCUT2D eigenvalue weighted by molar-refractivity contribution is 0.0530. The van der Waals surface area contributed by atoms with Gasteiger partial charge in [0.15, 0.2) is 11.5 Å². The number of nitrogens with zero attached hydrogens (tertiary/aromatic N) is 7. The van der Waals surface area contributed by atoms with Crippen molar-refractivity contribution >= 4 is 23.4 Å². The van der Waals surface area contributed by atoms with E-state index in [4.69, 9.17) is 9.72 Å². The molecule has 1 atom stereocenters. The Morgan fingerprint density at radius 3 is 2.70 bits per heavy atom. The zero-order valence-electron chi connectivity index (χ0n) is 24.9. The first kappa shape index (κ1) is 28.8. The van der Waals surface area contributed by atoms with E-state index in [-0.39, 0.29) is 29.6 Å². The van der Waals surface area contributed by atoms with E-state index in [0.29, 0.717) is 34.7 Å². The summed E-state index contributed by atoms with van der Waals surface area (Å²) in [7, 11) is 1.47. The van der Waals surface area contributed by atoms with Gasteiger partial charge in [-0.1, -0.05) is 6.92 Å². The number of aromatic nitrogens is 4. The summed E-state index contributed by atoms with van der Waals surface area (Å²) in [5, 5.41) is 19.1. The van der Waals surface area contributed by atoms with Crippen LogP contribution in [0, 0.1) is 17.1 Å². The van der Waals surface area contributed by atoms with Crippen LogP contribution in [0.5, 0.6) is 5.75 Å². The summed E-state index contributed by atoms with van der Waals surface area (Å²) in [6.07, 6.45) is 6.24. The van der Waals surface area contributed by atoms with Gasteiger partial charge in [-0.3, -0.25) is 14.3 Å². The minimum Gasteiger partial charge on any atom is -0.495 e. The molecule has 3 N–H and O–H groups in total. The molecule has 3 aliphatic rings. The summed E-state index contributed by atoms with van der Waals surface area (Å²) in [6, 6.07) is 5.33. The van der Waals surface area contributed by atoms with Crippen molar-refractivity contribution in [1.82, 2.24) is 35.1 Å². The summed E-state index contributed by atoms with van der Waals surface area (Å²) >= 11 is 0. The number of methoxy groups -OCH3 is 1. The van der Waals surface area contributed by atoms with Crippen LogP contribution >= 0.6 is 0 Å². The molecule has 0 saturated carbocycles. The molecule has 3 aromatic rings. The molecule has 2 aromatic heterocycles. The second-order valence-electron chi connectivity index (χ2n) is 11.6. The lowest BCUT2D eigenvalue weighted by Crippen LogP contribution is -2.63. The van der Waals surface area contributed by atoms with Crippen LogP contribution in [0.25, 0.3) is 5.69 Å². The molecule has 3 aliphatic heterocycles. The molecule has 6 rings (SSSR count). The summed E-state index contributed by atoms with van der Waals surface area (Å²) in [4.78, 5) is 31.2. The molecular formula is C30H37FN10O2. The summed E-state index contributed by atoms with van der Waals surface area (Å²) in [5.41, 5.74) is 2.12. The zero-order chi connectivity index (χ0) is 30.2. The maximum absolute atomic E-state index is 15.3. The third kappa shape index (κ3) is 5.25. The molecule has 0 bridgehead atoms. The SMILES string of the molecule is CC[C@@H]1c2c(C#N)ncn2-c2cnc(Nc3cc(F)c(C(=O)NC4CN(C5CCNCC5)C4)cc3OC)nc2N1C(C)C. The fourth-order valence-electron chi connectivity index (χ4n) is 6.47. The van der Waals surface area contributed by atoms with Crippen LogP contribution < -0.4 is 25.6 Å². The zero-order valence-corrected chi connectivity index (χ0v) is 24.9. The van der Waals surface area contributed by atoms with E-state index in [1.54, 1.807) is 12.5 Å². The number of hydrogen-bond donors (Lipinski definition) is 3. The van der Waals surface area contributed by atoms with Gasteiger partial charge in [-0.05, 0) is 52.3 Å². The number of fused-ring (bicyclic) bond motifs is 3. The van der Waals surface area contributed by atoms with Gasteiger partial charge >= 0.3 is 0 Å². The van der Waals surface area contributed by atoms with Crippen molar-refractivity contribution < 1.29 is 13.9 Å². The van der Waals surface area contributed by atoms with Gasteiger partial charge in [-0.15, -0.1) is 0 Å². The third-order valence-electron chi connectivity index (χ3n) is 8.61. The average molecular weight is 589 g/mol. The normalized spacial score (nSPS) is 18.9. The number of halogens is 1. The second kappa shape index (κ2) is 11.8. The topological polar surface area (TPSA) is 136 Å². The van der Waals surface area contributed by atoms with Crippen LogP contribution in [0.15, 0.2) is 24.7 Å². The fourth-order valence-corrected chi connectivity index (χ4v) is 6.47. The Morgan fingerprint density at radius 1 is 1.26 bits per heavy atom. The molecular weight excluding hydrogens is 551 g/mol. The van der Waals surface area contributed by atoms with E-state index in [2.05, 4.69) is 62.6 Å². The van der Waals surface area contributed by atoms with Crippen molar-refractivity contribution in [2.24, 2.45) is 0 Å². The average Bonchev–Trinajstić information content (AvgIpc) is 3.42. The van der Waals surface area contributed by atoms with Gasteiger partial charge in [0.1, 0.15) is 29.7 Å². The first-order valence-corrected chi connectivity index (χ1v) is 14.9. The van der Waals surface area contributed by atoms with Crippen molar-refractivity contribution in [3.05, 3.63) is 47.4 Å². The highest BCUT2D eigenvalue weighted by atomic mass is 19.1. The number of carbonyl (C=O) groups is 1. The maximum Gasteiger partial charge on any atom is 0.254 e. The first-order chi connectivity index (χ1) is 20.8. The number of anilines is 3. The quantitative estimate of drug-likeness (QED) is 0.360. The standard InChI is InChI=1S/C30H37FN10O2/c1-5-24-27-23(12-32)35-16-40(27)25-13-34-30(38-28(25)41(24)17(2)3)37-22-11-21(31)20(10-26(22)43-4)29(42)36-18-14-39(15-18)19-6-8-33-9-7-19/h10-11,13,16-19,24,33H,5-9,14-15H2,1-4H3,(H,36,42)(H,34,37,38)/t24-/m1/s1. The number of rotatable bonds is 8. The van der Waals surface area contributed by atoms with Crippen LogP contribution in [0.2, 0.25) is 0 Å². The molecule has 13 heteroatoms. The number of carbonyl (C=O) groups excluding carboxylic acids is 1. The van der Waals surface area contributed by atoms with Gasteiger partial charge in [0.2, 0.25) is 5.95 Å². The number of imidazole rings is 1. The highest BCUT2D eigenvalue weighted by Crippen LogP contribution is 2.42. The van der Waals surface area contributed by atoms with Crippen molar-refractivity contribution in [2.45, 2.75) is 64.2 Å². The molecule has 2 saturated heterocycles. The predicted octanol–water partition coefficient (Wildman–Crippen LogP) is 3.27. The number of amides is 1. The van der Waals surface area contributed by atoms with E-state index in [1.165, 1.54) is 19.2 Å². The van der Waals surface area contributed by atoms with Crippen LogP contribution in [0.4, 0.5) is 21.8 Å². The van der Waals surface area contributed by atoms with Crippen molar-refractivity contribution in [2.75, 3.05) is 43.5 Å². The predicted molar refractivity (Wildman–Crippen MR) is 159 cm³/mol. The van der Waals surface area contributed by atoms with Crippen LogP contribution in [-0.4, -0.2) is 81.7 Å². The molecule has 0 spiro atoms. The molecule has 43 heavy (non-hydrogen) atoms. The Labute approximate surface area is 250 Å². The van der Waals surface area contributed by atoms with Gasteiger partial charge in [0.05, 0.1) is 42.3 Å². The van der Waals surface area contributed by atoms with Crippen LogP contribution in [-0.2, 0) is 0 Å². The minimum absolute atomic E-state index is 0.00872. The van der Waals surface area contributed by atoms with Crippen molar-refractivity contribution in [1.29, 1.82) is 5.26 Å². The first-order valence-electron chi connectivity index (χ1n) is 14.9. The lowest BCUT2D eigenvalue weighted by Gasteiger charge is -2.45. The van der Waals surface area contributed by atoms with Gasteiger partial charge in [0, 0.05) is 31.2 Å². The number of likely N-dealkylation sites (tertiary alicyclic amines) is 1. The number of ether oxygens (including phenoxy) is 1. The molecule has 2 fully saturated rings. The molecule has 0 radical (unpaired) electrons. The van der Waals surface area contributed by atoms with E-state index < -0.39 is 11.7 Å². The highest BCUT2D eigenvalue weighted by molar-refractivity contribution is 5.96. The van der Waals surface area contributed by atoms with Gasteiger partial charge in [0.25, 0.3) is 5.91 Å². The van der Waals surface area contributed by atoms with E-state index in [9.17, 15) is 10.1 Å². The second-order valence-corrected chi connectivity index (χ2v) is 11.6. The van der Waals surface area contributed by atoms with Crippen molar-refractivity contribution in [3.63, 3.8) is 0 Å². The minimum atomic E-state index is -0.671. The molecule has 1 aromatic carbocycles. The molecule has 0 unspecified atom stereocenters. The number of nitriles is 1. The van der Waals surface area contributed by atoms with Gasteiger partial charge in [-0.25, -0.2) is 14.4 Å². The van der Waals surface area contributed by atoms with Crippen molar-refractivity contribution in [3.8, 4) is 17.5 Å². The van der Waals surface area contributed by atoms with Crippen LogP contribution in [0.1, 0.15) is 67.8 Å².